The van der Waals surface area contributed by atoms with E-state index < -0.39 is 25.6 Å². The number of halogens is 4. The second kappa shape index (κ2) is 6.68. The minimum atomic E-state index is -4.39. The van der Waals surface area contributed by atoms with Gasteiger partial charge in [-0.1, -0.05) is 31.6 Å². The second-order valence-corrected chi connectivity index (χ2v) is 11.9. The maximum atomic E-state index is 14.1. The molecule has 0 amide bonds. The van der Waals surface area contributed by atoms with Crippen LogP contribution in [0.5, 0.6) is 0 Å². The SMILES string of the molecule is Cc1cc(C(F)(F)F)ccc1-c1cc(F)cc(C#C[Si](C)(C)C)c1C. The van der Waals surface area contributed by atoms with Crippen molar-refractivity contribution in [2.45, 2.75) is 39.7 Å². The highest BCUT2D eigenvalue weighted by Gasteiger charge is 2.30. The molecule has 0 fully saturated rings. The molecule has 0 aliphatic rings. The van der Waals surface area contributed by atoms with Crippen LogP contribution < -0.4 is 0 Å². The van der Waals surface area contributed by atoms with Crippen molar-refractivity contribution in [1.29, 1.82) is 0 Å². The molecule has 0 unspecified atom stereocenters. The van der Waals surface area contributed by atoms with Gasteiger partial charge in [0.1, 0.15) is 13.9 Å². The average Bonchev–Trinajstić information content (AvgIpc) is 2.46. The number of alkyl halides is 3. The fraction of sp³-hybridized carbons (Fsp3) is 0.300. The molecular formula is C20H20F4Si. The molecule has 0 radical (unpaired) electrons. The normalized spacial score (nSPS) is 11.9. The first-order valence-corrected chi connectivity index (χ1v) is 11.4. The Hall–Kier alpha value is -2.06. The van der Waals surface area contributed by atoms with Crippen LogP contribution in [0, 0.1) is 31.1 Å². The van der Waals surface area contributed by atoms with Crippen molar-refractivity contribution in [3.8, 4) is 22.6 Å². The van der Waals surface area contributed by atoms with Gasteiger partial charge < -0.3 is 0 Å². The summed E-state index contributed by atoms with van der Waals surface area (Å²) in [5.41, 5.74) is 5.46. The molecule has 2 aromatic rings. The van der Waals surface area contributed by atoms with E-state index >= 15 is 0 Å². The van der Waals surface area contributed by atoms with Gasteiger partial charge >= 0.3 is 6.18 Å². The van der Waals surface area contributed by atoms with E-state index in [4.69, 9.17) is 0 Å². The van der Waals surface area contributed by atoms with Crippen molar-refractivity contribution < 1.29 is 17.6 Å². The lowest BCUT2D eigenvalue weighted by Crippen LogP contribution is -2.16. The maximum Gasteiger partial charge on any atom is 0.416 e. The summed E-state index contributed by atoms with van der Waals surface area (Å²) in [6.07, 6.45) is -4.39. The van der Waals surface area contributed by atoms with Gasteiger partial charge in [0.2, 0.25) is 0 Å². The van der Waals surface area contributed by atoms with Crippen molar-refractivity contribution >= 4 is 8.07 Å². The van der Waals surface area contributed by atoms with Crippen LogP contribution in [0.2, 0.25) is 19.6 Å². The third-order valence-corrected chi connectivity index (χ3v) is 4.66. The summed E-state index contributed by atoms with van der Waals surface area (Å²) < 4.78 is 52.6. The first kappa shape index (κ1) is 19.3. The van der Waals surface area contributed by atoms with Crippen molar-refractivity contribution in [3.63, 3.8) is 0 Å². The topological polar surface area (TPSA) is 0 Å². The monoisotopic (exact) mass is 364 g/mol. The number of benzene rings is 2. The van der Waals surface area contributed by atoms with Crippen molar-refractivity contribution in [3.05, 3.63) is 58.4 Å². The summed E-state index contributed by atoms with van der Waals surface area (Å²) in [5.74, 6) is 2.61. The van der Waals surface area contributed by atoms with Gasteiger partial charge in [-0.05, 0) is 60.4 Å². The molecule has 0 bridgehead atoms. The van der Waals surface area contributed by atoms with Crippen LogP contribution in [-0.4, -0.2) is 8.07 Å². The van der Waals surface area contributed by atoms with Crippen LogP contribution in [0.15, 0.2) is 30.3 Å². The van der Waals surface area contributed by atoms with E-state index in [-0.39, 0.29) is 0 Å². The highest BCUT2D eigenvalue weighted by Crippen LogP contribution is 2.35. The second-order valence-electron chi connectivity index (χ2n) is 7.15. The molecule has 0 aliphatic heterocycles. The van der Waals surface area contributed by atoms with E-state index in [1.54, 1.807) is 6.92 Å². The molecule has 0 nitrogen and oxygen atoms in total. The largest absolute Gasteiger partial charge is 0.416 e. The Morgan fingerprint density at radius 3 is 2.08 bits per heavy atom. The quantitative estimate of drug-likeness (QED) is 0.314. The summed E-state index contributed by atoms with van der Waals surface area (Å²) >= 11 is 0. The highest BCUT2D eigenvalue weighted by molar-refractivity contribution is 6.83. The lowest BCUT2D eigenvalue weighted by Gasteiger charge is -2.14. The highest BCUT2D eigenvalue weighted by atomic mass is 28.3. The van der Waals surface area contributed by atoms with Gasteiger partial charge in [-0.3, -0.25) is 0 Å². The van der Waals surface area contributed by atoms with Crippen molar-refractivity contribution in [2.75, 3.05) is 0 Å². The Kier molecular flexibility index (Phi) is 5.15. The maximum absolute atomic E-state index is 14.1. The minimum absolute atomic E-state index is 0.445. The van der Waals surface area contributed by atoms with Crippen LogP contribution in [0.4, 0.5) is 17.6 Å². The lowest BCUT2D eigenvalue weighted by molar-refractivity contribution is -0.137. The molecule has 0 aromatic heterocycles. The molecule has 0 atom stereocenters. The van der Waals surface area contributed by atoms with E-state index in [1.165, 1.54) is 18.2 Å². The summed E-state index contributed by atoms with van der Waals surface area (Å²) in [7, 11) is -1.62. The van der Waals surface area contributed by atoms with E-state index in [1.807, 2.05) is 6.92 Å². The summed E-state index contributed by atoms with van der Waals surface area (Å²) in [4.78, 5) is 0. The fourth-order valence-electron chi connectivity index (χ4n) is 2.49. The van der Waals surface area contributed by atoms with Gasteiger partial charge in [-0.2, -0.15) is 13.2 Å². The Morgan fingerprint density at radius 1 is 0.920 bits per heavy atom. The number of hydrogen-bond acceptors (Lipinski definition) is 0. The van der Waals surface area contributed by atoms with Crippen LogP contribution in [0.1, 0.15) is 22.3 Å². The zero-order valence-corrected chi connectivity index (χ0v) is 15.9. The molecule has 0 N–H and O–H groups in total. The summed E-state index contributed by atoms with van der Waals surface area (Å²) in [6, 6.07) is 6.25. The van der Waals surface area contributed by atoms with E-state index in [0.29, 0.717) is 22.3 Å². The molecule has 0 saturated carbocycles. The summed E-state index contributed by atoms with van der Waals surface area (Å²) in [6.45, 7) is 9.70. The van der Waals surface area contributed by atoms with Crippen LogP contribution in [0.25, 0.3) is 11.1 Å². The third kappa shape index (κ3) is 4.73. The molecule has 2 rings (SSSR count). The van der Waals surface area contributed by atoms with Gasteiger partial charge in [-0.15, -0.1) is 5.54 Å². The van der Waals surface area contributed by atoms with Crippen LogP contribution in [-0.2, 0) is 6.18 Å². The molecule has 0 aliphatic carbocycles. The third-order valence-electron chi connectivity index (χ3n) is 3.79. The zero-order valence-electron chi connectivity index (χ0n) is 14.9. The predicted molar refractivity (Wildman–Crippen MR) is 96.5 cm³/mol. The number of rotatable bonds is 1. The smallest absolute Gasteiger partial charge is 0.207 e. The van der Waals surface area contributed by atoms with E-state index in [0.717, 1.165) is 17.7 Å². The zero-order chi connectivity index (χ0) is 19.0. The first-order chi connectivity index (χ1) is 11.4. The van der Waals surface area contributed by atoms with Crippen molar-refractivity contribution in [1.82, 2.24) is 0 Å². The molecular weight excluding hydrogens is 344 g/mol. The molecule has 0 saturated heterocycles. The molecule has 25 heavy (non-hydrogen) atoms. The van der Waals surface area contributed by atoms with Gasteiger partial charge in [0.25, 0.3) is 0 Å². The Labute approximate surface area is 146 Å². The van der Waals surface area contributed by atoms with Crippen LogP contribution in [0.3, 0.4) is 0 Å². The molecule has 2 aromatic carbocycles. The van der Waals surface area contributed by atoms with Gasteiger partial charge in [0, 0.05) is 5.56 Å². The summed E-state index contributed by atoms with van der Waals surface area (Å²) in [5, 5.41) is 0. The lowest BCUT2D eigenvalue weighted by atomic mass is 9.92. The van der Waals surface area contributed by atoms with Gasteiger partial charge in [0.05, 0.1) is 5.56 Å². The van der Waals surface area contributed by atoms with Gasteiger partial charge in [-0.25, -0.2) is 4.39 Å². The van der Waals surface area contributed by atoms with Crippen molar-refractivity contribution in [2.24, 2.45) is 0 Å². The number of hydrogen-bond donors (Lipinski definition) is 0. The Bertz CT molecular complexity index is 862. The molecule has 132 valence electrons. The predicted octanol–water partition coefficient (Wildman–Crippen LogP) is 6.36. The van der Waals surface area contributed by atoms with E-state index in [9.17, 15) is 17.6 Å². The van der Waals surface area contributed by atoms with E-state index in [2.05, 4.69) is 31.1 Å². The standard InChI is InChI=1S/C20H20F4Si/c1-13-10-16(20(22,23)24)6-7-18(13)19-12-17(21)11-15(14(19)2)8-9-25(3,4)5/h6-7,10-12H,1-5H3. The minimum Gasteiger partial charge on any atom is -0.207 e. The fourth-order valence-corrected chi connectivity index (χ4v) is 3.00. The number of aryl methyl sites for hydroxylation is 1. The Morgan fingerprint density at radius 2 is 1.56 bits per heavy atom. The molecule has 5 heteroatoms. The average molecular weight is 364 g/mol. The molecule has 0 heterocycles. The first-order valence-electron chi connectivity index (χ1n) is 7.90. The van der Waals surface area contributed by atoms with Crippen LogP contribution >= 0.6 is 0 Å². The van der Waals surface area contributed by atoms with Gasteiger partial charge in [0.15, 0.2) is 0 Å². The molecule has 0 spiro atoms. The Balaban J connectivity index is 2.60.